The number of benzene rings is 4. The average molecular weight is 715 g/mol. The van der Waals surface area contributed by atoms with Crippen molar-refractivity contribution in [2.45, 2.75) is 14.7 Å². The lowest BCUT2D eigenvalue weighted by atomic mass is 10.1. The van der Waals surface area contributed by atoms with Gasteiger partial charge < -0.3 is 11.5 Å². The maximum atomic E-state index is 12.7. The van der Waals surface area contributed by atoms with Crippen LogP contribution in [0.25, 0.3) is 10.8 Å². The summed E-state index contributed by atoms with van der Waals surface area (Å²) in [6.45, 7) is -0.450. The van der Waals surface area contributed by atoms with Gasteiger partial charge in [0.15, 0.2) is 22.2 Å². The minimum absolute atomic E-state index is 0.0598. The third kappa shape index (κ3) is 8.58. The minimum Gasteiger partial charge on any atom is -0.399 e. The molecule has 0 bridgehead atoms. The second kappa shape index (κ2) is 14.1. The van der Waals surface area contributed by atoms with Gasteiger partial charge in [-0.3, -0.25) is 13.3 Å². The Balaban J connectivity index is 1.75. The Labute approximate surface area is 265 Å². The second-order valence-corrected chi connectivity index (χ2v) is 14.4. The zero-order valence-corrected chi connectivity index (χ0v) is 26.1. The van der Waals surface area contributed by atoms with Crippen molar-refractivity contribution in [3.63, 3.8) is 0 Å². The molecule has 0 amide bonds. The molecule has 0 spiro atoms. The van der Waals surface area contributed by atoms with Gasteiger partial charge in [-0.25, -0.2) is 13.7 Å². The molecule has 0 saturated heterocycles. The first-order valence-electron chi connectivity index (χ1n) is 12.2. The first-order chi connectivity index (χ1) is 21.6. The molecule has 0 aliphatic carbocycles. The predicted molar refractivity (Wildman–Crippen MR) is 164 cm³/mol. The van der Waals surface area contributed by atoms with Crippen LogP contribution in [0.1, 0.15) is 0 Å². The second-order valence-electron chi connectivity index (χ2n) is 8.96. The fraction of sp³-hybridized carbons (Fsp3) is 0.0833. The van der Waals surface area contributed by atoms with Crippen LogP contribution in [0.15, 0.2) is 102 Å². The number of sulfone groups is 1. The predicted octanol–water partition coefficient (Wildman–Crippen LogP) is 5.10. The number of hydrogen-bond donors (Lipinski definition) is 5. The van der Waals surface area contributed by atoms with Gasteiger partial charge in [0.1, 0.15) is 16.3 Å². The van der Waals surface area contributed by atoms with Crippen LogP contribution in [-0.2, 0) is 43.6 Å². The average Bonchev–Trinajstić information content (AvgIpc) is 2.98. The van der Waals surface area contributed by atoms with Crippen molar-refractivity contribution in [3.8, 4) is 0 Å². The molecule has 4 aromatic rings. The van der Waals surface area contributed by atoms with Crippen molar-refractivity contribution >= 4 is 87.3 Å². The normalized spacial score (nSPS) is 12.8. The van der Waals surface area contributed by atoms with E-state index >= 15 is 0 Å². The molecule has 0 aromatic heterocycles. The zero-order chi connectivity index (χ0) is 33.7. The van der Waals surface area contributed by atoms with Crippen LogP contribution in [0, 0.1) is 0 Å². The van der Waals surface area contributed by atoms with E-state index < -0.39 is 62.8 Å². The number of nitrogen functional groups attached to an aromatic ring is 2. The van der Waals surface area contributed by atoms with Gasteiger partial charge in [0.25, 0.3) is 20.2 Å². The summed E-state index contributed by atoms with van der Waals surface area (Å²) < 4.78 is 101. The van der Waals surface area contributed by atoms with E-state index in [9.17, 15) is 34.4 Å². The van der Waals surface area contributed by atoms with E-state index in [2.05, 4.69) is 29.8 Å². The molecular weight excluding hydrogens is 693 g/mol. The van der Waals surface area contributed by atoms with Crippen LogP contribution in [0.3, 0.4) is 0 Å². The van der Waals surface area contributed by atoms with Crippen LogP contribution < -0.4 is 11.5 Å². The maximum absolute atomic E-state index is 12.7. The lowest BCUT2D eigenvalue weighted by molar-refractivity contribution is -0.434. The van der Waals surface area contributed by atoms with Crippen molar-refractivity contribution in [2.24, 2.45) is 20.5 Å². The Morgan fingerprint density at radius 1 is 0.674 bits per heavy atom. The van der Waals surface area contributed by atoms with Gasteiger partial charge in [0.2, 0.25) is 0 Å². The largest absolute Gasteiger partial charge is 0.399 e. The smallest absolute Gasteiger partial charge is 0.296 e. The fourth-order valence-corrected chi connectivity index (χ4v) is 6.48. The van der Waals surface area contributed by atoms with Crippen molar-refractivity contribution < 1.29 is 53.2 Å². The van der Waals surface area contributed by atoms with Crippen molar-refractivity contribution in [2.75, 3.05) is 23.8 Å². The highest BCUT2D eigenvalue weighted by molar-refractivity contribution is 7.91. The van der Waals surface area contributed by atoms with Crippen molar-refractivity contribution in [3.05, 3.63) is 66.7 Å². The third-order valence-corrected chi connectivity index (χ3v) is 9.72. The molecule has 46 heavy (non-hydrogen) atoms. The molecule has 0 atom stereocenters. The number of nitrogens with zero attached hydrogens (tertiary/aromatic N) is 4. The van der Waals surface area contributed by atoms with E-state index in [-0.39, 0.29) is 45.8 Å². The highest BCUT2D eigenvalue weighted by atomic mass is 32.2. The SMILES string of the molecule is Nc1ccc(/N=N/c2ccc(/N=N/c3ccc(S(=O)(=O)CCOSOOO)cc3S(=O)(=O)O)c3ccc(S(=O)(=O)O)cc23)c(N)c1. The monoisotopic (exact) mass is 714 g/mol. The van der Waals surface area contributed by atoms with E-state index in [1.165, 1.54) is 30.3 Å². The van der Waals surface area contributed by atoms with Crippen molar-refractivity contribution in [1.82, 2.24) is 0 Å². The van der Waals surface area contributed by atoms with Crippen LogP contribution in [0.5, 0.6) is 0 Å². The van der Waals surface area contributed by atoms with Gasteiger partial charge in [-0.15, -0.1) is 24.8 Å². The molecule has 0 aliphatic heterocycles. The summed E-state index contributed by atoms with van der Waals surface area (Å²) in [4.78, 5) is -1.85. The van der Waals surface area contributed by atoms with Gasteiger partial charge in [-0.1, -0.05) is 11.1 Å². The number of fused-ring (bicyclic) bond motifs is 1. The number of nitrogens with two attached hydrogens (primary N) is 2. The summed E-state index contributed by atoms with van der Waals surface area (Å²) in [7, 11) is -13.8. The molecule has 4 aromatic carbocycles. The van der Waals surface area contributed by atoms with Gasteiger partial charge in [0.05, 0.1) is 39.2 Å². The van der Waals surface area contributed by atoms with Gasteiger partial charge in [-0.2, -0.15) is 16.8 Å². The molecule has 0 aliphatic rings. The molecule has 0 heterocycles. The Hall–Kier alpha value is -4.10. The molecule has 0 fully saturated rings. The molecule has 0 saturated carbocycles. The number of rotatable bonds is 13. The maximum Gasteiger partial charge on any atom is 0.296 e. The third-order valence-electron chi connectivity index (χ3n) is 5.93. The molecular formula is C24H22N6O12S4. The number of azo groups is 2. The Morgan fingerprint density at radius 3 is 1.89 bits per heavy atom. The van der Waals surface area contributed by atoms with Crippen LogP contribution in [0.2, 0.25) is 0 Å². The summed E-state index contributed by atoms with van der Waals surface area (Å²) in [5.41, 5.74) is 12.2. The topological polar surface area (TPSA) is 292 Å². The van der Waals surface area contributed by atoms with Gasteiger partial charge >= 0.3 is 0 Å². The number of anilines is 2. The van der Waals surface area contributed by atoms with Crippen LogP contribution in [0.4, 0.5) is 34.1 Å². The molecule has 7 N–H and O–H groups in total. The van der Waals surface area contributed by atoms with E-state index in [1.807, 2.05) is 0 Å². The van der Waals surface area contributed by atoms with E-state index in [4.69, 9.17) is 20.9 Å². The Morgan fingerprint density at radius 2 is 1.26 bits per heavy atom. The van der Waals surface area contributed by atoms with Crippen LogP contribution >= 0.6 is 12.3 Å². The van der Waals surface area contributed by atoms with E-state index in [0.29, 0.717) is 11.8 Å². The lowest BCUT2D eigenvalue weighted by Gasteiger charge is -2.09. The van der Waals surface area contributed by atoms with Gasteiger partial charge in [-0.05, 0) is 60.7 Å². The highest BCUT2D eigenvalue weighted by Gasteiger charge is 2.22. The Bertz CT molecular complexity index is 2180. The van der Waals surface area contributed by atoms with E-state index in [0.717, 1.165) is 24.3 Å². The lowest BCUT2D eigenvalue weighted by Crippen LogP contribution is -2.12. The first kappa shape index (κ1) is 34.8. The highest BCUT2D eigenvalue weighted by Crippen LogP contribution is 2.38. The van der Waals surface area contributed by atoms with Crippen LogP contribution in [-0.4, -0.2) is 52.0 Å². The quantitative estimate of drug-likeness (QED) is 0.0229. The first-order valence-corrected chi connectivity index (χ1v) is 17.4. The van der Waals surface area contributed by atoms with Crippen molar-refractivity contribution in [1.29, 1.82) is 0 Å². The van der Waals surface area contributed by atoms with E-state index in [1.54, 1.807) is 6.07 Å². The summed E-state index contributed by atoms with van der Waals surface area (Å²) in [6.07, 6.45) is 0. The number of hydrogen-bond acceptors (Lipinski definition) is 17. The zero-order valence-electron chi connectivity index (χ0n) is 22.9. The summed E-state index contributed by atoms with van der Waals surface area (Å²) in [5, 5.41) is 27.9. The Kier molecular flexibility index (Phi) is 10.7. The summed E-state index contributed by atoms with van der Waals surface area (Å²) >= 11 is 0.147. The minimum atomic E-state index is -5.02. The molecule has 22 heteroatoms. The molecule has 4 rings (SSSR count). The fourth-order valence-electron chi connectivity index (χ4n) is 3.82. The summed E-state index contributed by atoms with van der Waals surface area (Å²) in [6, 6.07) is 13.5. The molecule has 0 radical (unpaired) electrons. The molecule has 18 nitrogen and oxygen atoms in total. The molecule has 244 valence electrons. The summed E-state index contributed by atoms with van der Waals surface area (Å²) in [5.74, 6) is -0.646. The molecule has 0 unspecified atom stereocenters. The standard InChI is InChI=1S/C24H22N6O12S4/c25-14-1-5-22(19(26)11-14)29-28-21-8-7-20(17-4-2-16(12-18(17)21)45(34,35)36)27-30-23-6-3-15(13-24(23)46(37,38)39)44(32,33)10-9-40-43-42-41-31/h1-8,11-13,31H,9-10,25-26H2,(H,34,35,36)(H,37,38,39)/b29-28+,30-27+. The van der Waals surface area contributed by atoms with Gasteiger partial charge in [0, 0.05) is 16.5 Å².